The van der Waals surface area contributed by atoms with Gasteiger partial charge in [0.1, 0.15) is 0 Å². The Morgan fingerprint density at radius 3 is 1.87 bits per heavy atom. The zero-order chi connectivity index (χ0) is 16.5. The van der Waals surface area contributed by atoms with Crippen molar-refractivity contribution in [2.45, 2.75) is 49.5 Å². The van der Waals surface area contributed by atoms with Crippen LogP contribution in [0.25, 0.3) is 11.6 Å². The van der Waals surface area contributed by atoms with Gasteiger partial charge in [0.2, 0.25) is 0 Å². The lowest BCUT2D eigenvalue weighted by Crippen LogP contribution is -1.75. The topological polar surface area (TPSA) is 0 Å². The number of hydrogen-bond donors (Lipinski definition) is 0. The average Bonchev–Trinajstić information content (AvgIpc) is 2.94. The molecular formula is C23H38. The van der Waals surface area contributed by atoms with Crippen molar-refractivity contribution in [3.05, 3.63) is 85.0 Å². The van der Waals surface area contributed by atoms with Crippen molar-refractivity contribution < 1.29 is 0 Å². The van der Waals surface area contributed by atoms with Crippen LogP contribution in [0.1, 0.15) is 60.6 Å². The highest BCUT2D eigenvalue weighted by Crippen LogP contribution is 2.26. The molecule has 0 bridgehead atoms. The summed E-state index contributed by atoms with van der Waals surface area (Å²) in [7, 11) is 0. The summed E-state index contributed by atoms with van der Waals surface area (Å²) in [4.78, 5) is 0. The van der Waals surface area contributed by atoms with Crippen molar-refractivity contribution in [1.82, 2.24) is 0 Å². The molecule has 0 heterocycles. The Labute approximate surface area is 146 Å². The van der Waals surface area contributed by atoms with Crippen molar-refractivity contribution in [1.29, 1.82) is 0 Å². The lowest BCUT2D eigenvalue weighted by atomic mass is 10.1. The second-order valence-electron chi connectivity index (χ2n) is 3.59. The Balaban J connectivity index is -0.000000125. The summed E-state index contributed by atoms with van der Waals surface area (Å²) in [5.41, 5.74) is 3.67. The summed E-state index contributed by atoms with van der Waals surface area (Å²) in [6, 6.07) is 8.28. The molecule has 0 heteroatoms. The molecule has 0 saturated heterocycles. The Morgan fingerprint density at radius 1 is 0.826 bits per heavy atom. The van der Waals surface area contributed by atoms with E-state index in [-0.39, 0.29) is 14.9 Å². The number of rotatable bonds is 2. The SMILES string of the molecule is C.C.C=C/C=C\C=C/C.C=C1C=Cc2ccccc21.CC.CC. The minimum atomic E-state index is 0. The van der Waals surface area contributed by atoms with Crippen LogP contribution >= 0.6 is 0 Å². The fourth-order valence-corrected chi connectivity index (χ4v) is 1.47. The van der Waals surface area contributed by atoms with Crippen LogP contribution in [0.5, 0.6) is 0 Å². The van der Waals surface area contributed by atoms with Gasteiger partial charge in [-0.1, -0.05) is 123 Å². The van der Waals surface area contributed by atoms with Crippen LogP contribution in [0.4, 0.5) is 0 Å². The fourth-order valence-electron chi connectivity index (χ4n) is 1.47. The highest BCUT2D eigenvalue weighted by Gasteiger charge is 2.05. The van der Waals surface area contributed by atoms with E-state index in [0.717, 1.165) is 5.57 Å². The maximum Gasteiger partial charge on any atom is -0.0117 e. The van der Waals surface area contributed by atoms with Gasteiger partial charge in [0.15, 0.2) is 0 Å². The van der Waals surface area contributed by atoms with Crippen LogP contribution < -0.4 is 0 Å². The molecule has 0 amide bonds. The summed E-state index contributed by atoms with van der Waals surface area (Å²) < 4.78 is 0. The van der Waals surface area contributed by atoms with Gasteiger partial charge in [0, 0.05) is 0 Å². The van der Waals surface area contributed by atoms with E-state index in [1.54, 1.807) is 6.08 Å². The quantitative estimate of drug-likeness (QED) is 0.481. The van der Waals surface area contributed by atoms with E-state index in [2.05, 4.69) is 31.4 Å². The van der Waals surface area contributed by atoms with E-state index in [4.69, 9.17) is 0 Å². The molecule has 0 saturated carbocycles. The van der Waals surface area contributed by atoms with E-state index in [9.17, 15) is 0 Å². The third-order valence-corrected chi connectivity index (χ3v) is 2.32. The molecular weight excluding hydrogens is 276 g/mol. The minimum Gasteiger partial charge on any atom is -0.0991 e. The lowest BCUT2D eigenvalue weighted by molar-refractivity contribution is 1.50. The number of hydrogen-bond acceptors (Lipinski definition) is 0. The Kier molecular flexibility index (Phi) is 28.0. The van der Waals surface area contributed by atoms with Crippen molar-refractivity contribution in [3.63, 3.8) is 0 Å². The predicted molar refractivity (Wildman–Crippen MR) is 115 cm³/mol. The molecule has 0 unspecified atom stereocenters. The first-order chi connectivity index (χ1) is 10.3. The van der Waals surface area contributed by atoms with Gasteiger partial charge in [-0.25, -0.2) is 0 Å². The molecule has 1 aliphatic carbocycles. The minimum absolute atomic E-state index is 0. The normalized spacial score (nSPS) is 9.87. The highest BCUT2D eigenvalue weighted by molar-refractivity contribution is 5.88. The molecule has 0 aromatic heterocycles. The van der Waals surface area contributed by atoms with Crippen LogP contribution in [0.2, 0.25) is 0 Å². The van der Waals surface area contributed by atoms with Crippen LogP contribution in [-0.4, -0.2) is 0 Å². The van der Waals surface area contributed by atoms with E-state index >= 15 is 0 Å². The summed E-state index contributed by atoms with van der Waals surface area (Å²) in [5, 5.41) is 0. The molecule has 0 atom stereocenters. The number of fused-ring (bicyclic) bond motifs is 1. The van der Waals surface area contributed by atoms with Crippen molar-refractivity contribution in [3.8, 4) is 0 Å². The van der Waals surface area contributed by atoms with Gasteiger partial charge < -0.3 is 0 Å². The molecule has 1 aromatic carbocycles. The van der Waals surface area contributed by atoms with Crippen molar-refractivity contribution in [2.24, 2.45) is 0 Å². The van der Waals surface area contributed by atoms with Gasteiger partial charge >= 0.3 is 0 Å². The molecule has 1 aromatic rings. The molecule has 0 radical (unpaired) electrons. The van der Waals surface area contributed by atoms with Gasteiger partial charge in [-0.05, 0) is 23.6 Å². The largest absolute Gasteiger partial charge is 0.0991 e. The van der Waals surface area contributed by atoms with Gasteiger partial charge in [-0.3, -0.25) is 0 Å². The highest BCUT2D eigenvalue weighted by atomic mass is 14.1. The molecule has 0 fully saturated rings. The zero-order valence-corrected chi connectivity index (χ0v) is 14.3. The third-order valence-electron chi connectivity index (χ3n) is 2.32. The second kappa shape index (κ2) is 22.2. The van der Waals surface area contributed by atoms with Crippen LogP contribution in [0.3, 0.4) is 0 Å². The summed E-state index contributed by atoms with van der Waals surface area (Å²) in [6.45, 7) is 17.4. The Hall–Kier alpha value is -2.08. The summed E-state index contributed by atoms with van der Waals surface area (Å²) in [5.74, 6) is 0. The van der Waals surface area contributed by atoms with E-state index in [1.165, 1.54) is 11.1 Å². The van der Waals surface area contributed by atoms with Gasteiger partial charge in [0.25, 0.3) is 0 Å². The first kappa shape index (κ1) is 29.0. The molecule has 1 aliphatic rings. The Morgan fingerprint density at radius 2 is 1.39 bits per heavy atom. The van der Waals surface area contributed by atoms with E-state index in [0.29, 0.717) is 0 Å². The van der Waals surface area contributed by atoms with Gasteiger partial charge in [-0.2, -0.15) is 0 Å². The van der Waals surface area contributed by atoms with E-state index in [1.807, 2.05) is 77.1 Å². The monoisotopic (exact) mass is 314 g/mol. The number of benzene rings is 1. The third kappa shape index (κ3) is 13.3. The maximum atomic E-state index is 3.91. The Bertz CT molecular complexity index is 471. The van der Waals surface area contributed by atoms with Gasteiger partial charge in [-0.15, -0.1) is 0 Å². The maximum absolute atomic E-state index is 3.91. The van der Waals surface area contributed by atoms with Crippen molar-refractivity contribution >= 4 is 11.6 Å². The van der Waals surface area contributed by atoms with Crippen LogP contribution in [-0.2, 0) is 0 Å². The average molecular weight is 315 g/mol. The molecule has 2 rings (SSSR count). The van der Waals surface area contributed by atoms with Crippen LogP contribution in [0.15, 0.2) is 73.9 Å². The van der Waals surface area contributed by atoms with Crippen molar-refractivity contribution in [2.75, 3.05) is 0 Å². The van der Waals surface area contributed by atoms with Gasteiger partial charge in [0.05, 0.1) is 0 Å². The molecule has 0 spiro atoms. The fraction of sp³-hybridized carbons (Fsp3) is 0.304. The summed E-state index contributed by atoms with van der Waals surface area (Å²) >= 11 is 0. The number of allylic oxidation sites excluding steroid dienone is 7. The molecule has 0 N–H and O–H groups in total. The zero-order valence-electron chi connectivity index (χ0n) is 14.3. The standard InChI is InChI=1S/C10H8.C7H10.2C2H6.2CH4/c1-8-6-7-9-4-2-3-5-10(8)9;1-3-5-7-6-4-2;2*1-2;;/h2-7H,1H2;3-7H,1H2,2H3;2*1-2H3;2*1H4/b;6-4-,7-5-;;;;. The summed E-state index contributed by atoms with van der Waals surface area (Å²) in [6.07, 6.45) is 13.6. The smallest absolute Gasteiger partial charge is 0.0117 e. The lowest BCUT2D eigenvalue weighted by Gasteiger charge is -1.95. The molecule has 0 aliphatic heterocycles. The second-order valence-corrected chi connectivity index (χ2v) is 3.59. The van der Waals surface area contributed by atoms with Crippen LogP contribution in [0, 0.1) is 0 Å². The molecule has 23 heavy (non-hydrogen) atoms. The molecule has 0 nitrogen and oxygen atoms in total. The van der Waals surface area contributed by atoms with E-state index < -0.39 is 0 Å². The first-order valence-corrected chi connectivity index (χ1v) is 7.66. The predicted octanol–water partition coefficient (Wildman–Crippen LogP) is 8.36. The first-order valence-electron chi connectivity index (χ1n) is 7.66. The molecule has 130 valence electrons.